The van der Waals surface area contributed by atoms with Gasteiger partial charge >= 0.3 is 0 Å². The van der Waals surface area contributed by atoms with Crippen molar-refractivity contribution in [1.29, 1.82) is 0 Å². The number of nitrogens with one attached hydrogen (secondary N) is 1. The van der Waals surface area contributed by atoms with Crippen LogP contribution in [0.4, 0.5) is 5.69 Å². The molecule has 4 rings (SSSR count). The molecule has 3 aromatic rings. The molecule has 1 fully saturated rings. The van der Waals surface area contributed by atoms with Crippen molar-refractivity contribution in [2.24, 2.45) is 0 Å². The van der Waals surface area contributed by atoms with Gasteiger partial charge in [0.25, 0.3) is 11.8 Å². The summed E-state index contributed by atoms with van der Waals surface area (Å²) in [7, 11) is 1.61. The van der Waals surface area contributed by atoms with Crippen molar-refractivity contribution in [2.45, 2.75) is 13.8 Å². The predicted octanol–water partition coefficient (Wildman–Crippen LogP) is 3.93. The number of aromatic nitrogens is 1. The summed E-state index contributed by atoms with van der Waals surface area (Å²) >= 11 is 5.32. The Morgan fingerprint density at radius 2 is 1.77 bits per heavy atom. The van der Waals surface area contributed by atoms with Crippen molar-refractivity contribution in [1.82, 2.24) is 9.88 Å². The van der Waals surface area contributed by atoms with E-state index in [1.807, 2.05) is 79.2 Å². The van der Waals surface area contributed by atoms with Gasteiger partial charge in [-0.2, -0.15) is 0 Å². The zero-order chi connectivity index (χ0) is 22.1. The molecule has 2 aromatic carbocycles. The molecular formula is C24H21N3O3S. The van der Waals surface area contributed by atoms with Gasteiger partial charge in [-0.05, 0) is 85.7 Å². The fraction of sp³-hybridized carbons (Fsp3) is 0.125. The van der Waals surface area contributed by atoms with Crippen molar-refractivity contribution in [3.8, 4) is 11.4 Å². The number of amides is 2. The molecule has 0 bridgehead atoms. The molecule has 1 N–H and O–H groups in total. The van der Waals surface area contributed by atoms with E-state index in [1.54, 1.807) is 13.2 Å². The average Bonchev–Trinajstić information content (AvgIpc) is 3.22. The van der Waals surface area contributed by atoms with Crippen molar-refractivity contribution < 1.29 is 14.3 Å². The van der Waals surface area contributed by atoms with E-state index in [-0.39, 0.29) is 10.7 Å². The summed E-state index contributed by atoms with van der Waals surface area (Å²) in [5.74, 6) is -0.223. The lowest BCUT2D eigenvalue weighted by atomic mass is 10.1. The summed E-state index contributed by atoms with van der Waals surface area (Å²) in [5, 5.41) is 2.72. The van der Waals surface area contributed by atoms with Gasteiger partial charge in [-0.25, -0.2) is 0 Å². The van der Waals surface area contributed by atoms with Crippen LogP contribution in [0, 0.1) is 13.8 Å². The monoisotopic (exact) mass is 431 g/mol. The quantitative estimate of drug-likeness (QED) is 0.386. The first-order valence-corrected chi connectivity index (χ1v) is 10.1. The Balaban J connectivity index is 1.75. The highest BCUT2D eigenvalue weighted by Crippen LogP contribution is 2.27. The summed E-state index contributed by atoms with van der Waals surface area (Å²) in [6, 6.07) is 17.0. The van der Waals surface area contributed by atoms with Crippen molar-refractivity contribution in [3.63, 3.8) is 0 Å². The number of carbonyl (C=O) groups excluding carboxylic acids is 2. The number of anilines is 1. The molecule has 0 saturated carbocycles. The fourth-order valence-electron chi connectivity index (χ4n) is 3.47. The highest BCUT2D eigenvalue weighted by atomic mass is 32.1. The van der Waals surface area contributed by atoms with E-state index in [2.05, 4.69) is 5.32 Å². The van der Waals surface area contributed by atoms with Crippen molar-refractivity contribution in [3.05, 3.63) is 83.2 Å². The van der Waals surface area contributed by atoms with Crippen LogP contribution < -0.4 is 15.0 Å². The van der Waals surface area contributed by atoms with Gasteiger partial charge in [0.15, 0.2) is 5.11 Å². The van der Waals surface area contributed by atoms with Crippen LogP contribution >= 0.6 is 12.2 Å². The average molecular weight is 432 g/mol. The molecule has 156 valence electrons. The topological polar surface area (TPSA) is 63.6 Å². The van der Waals surface area contributed by atoms with Crippen LogP contribution in [0.2, 0.25) is 0 Å². The van der Waals surface area contributed by atoms with Crippen LogP contribution in [0.5, 0.6) is 5.75 Å². The molecule has 2 amide bonds. The van der Waals surface area contributed by atoms with E-state index in [9.17, 15) is 9.59 Å². The molecule has 0 aliphatic carbocycles. The molecule has 0 atom stereocenters. The number of benzene rings is 2. The van der Waals surface area contributed by atoms with E-state index >= 15 is 0 Å². The lowest BCUT2D eigenvalue weighted by Crippen LogP contribution is -2.54. The molecular weight excluding hydrogens is 410 g/mol. The molecule has 0 radical (unpaired) electrons. The van der Waals surface area contributed by atoms with Crippen LogP contribution in [-0.4, -0.2) is 28.6 Å². The highest BCUT2D eigenvalue weighted by molar-refractivity contribution is 7.80. The van der Waals surface area contributed by atoms with Gasteiger partial charge in [-0.3, -0.25) is 19.8 Å². The zero-order valence-corrected chi connectivity index (χ0v) is 18.2. The summed E-state index contributed by atoms with van der Waals surface area (Å²) in [4.78, 5) is 27.4. The van der Waals surface area contributed by atoms with Gasteiger partial charge in [-0.15, -0.1) is 0 Å². The molecule has 0 spiro atoms. The number of nitrogens with zero attached hydrogens (tertiary/aromatic N) is 2. The van der Waals surface area contributed by atoms with Crippen LogP contribution in [0.3, 0.4) is 0 Å². The largest absolute Gasteiger partial charge is 0.497 e. The zero-order valence-electron chi connectivity index (χ0n) is 17.4. The van der Waals surface area contributed by atoms with Gasteiger partial charge < -0.3 is 9.30 Å². The second-order valence-corrected chi connectivity index (χ2v) is 7.64. The second kappa shape index (κ2) is 8.20. The Bertz CT molecular complexity index is 1230. The molecule has 6 nitrogen and oxygen atoms in total. The molecule has 7 heteroatoms. The minimum absolute atomic E-state index is 0.0166. The van der Waals surface area contributed by atoms with Crippen LogP contribution in [0.15, 0.2) is 66.4 Å². The number of hydrogen-bond donors (Lipinski definition) is 1. The first-order chi connectivity index (χ1) is 14.9. The summed E-state index contributed by atoms with van der Waals surface area (Å²) in [5.41, 5.74) is 4.13. The fourth-order valence-corrected chi connectivity index (χ4v) is 3.75. The predicted molar refractivity (Wildman–Crippen MR) is 124 cm³/mol. The molecule has 1 aromatic heterocycles. The van der Waals surface area contributed by atoms with Crippen molar-refractivity contribution >= 4 is 40.9 Å². The maximum absolute atomic E-state index is 13.4. The molecule has 1 aliphatic heterocycles. The minimum atomic E-state index is -0.515. The number of carbonyl (C=O) groups is 2. The third kappa shape index (κ3) is 3.87. The second-order valence-electron chi connectivity index (χ2n) is 7.25. The maximum atomic E-state index is 13.4. The number of hydrogen-bond acceptors (Lipinski definition) is 4. The minimum Gasteiger partial charge on any atom is -0.497 e. The lowest BCUT2D eigenvalue weighted by molar-refractivity contribution is -0.122. The third-order valence-electron chi connectivity index (χ3n) is 5.13. The SMILES string of the molecule is COc1ccc(-n2cccc2/C=C2\C(=O)NC(=S)N(c3cc(C)ccc3C)C2=O)cc1. The third-order valence-corrected chi connectivity index (χ3v) is 5.41. The van der Waals surface area contributed by atoms with E-state index in [0.717, 1.165) is 22.6 Å². The molecule has 1 saturated heterocycles. The summed E-state index contributed by atoms with van der Waals surface area (Å²) < 4.78 is 7.10. The first kappa shape index (κ1) is 20.6. The molecule has 31 heavy (non-hydrogen) atoms. The van der Waals surface area contributed by atoms with E-state index in [1.165, 1.54) is 4.90 Å². The smallest absolute Gasteiger partial charge is 0.270 e. The summed E-state index contributed by atoms with van der Waals surface area (Å²) in [6.07, 6.45) is 3.45. The maximum Gasteiger partial charge on any atom is 0.270 e. The molecule has 2 heterocycles. The highest BCUT2D eigenvalue weighted by Gasteiger charge is 2.35. The van der Waals surface area contributed by atoms with Crippen molar-refractivity contribution in [2.75, 3.05) is 12.0 Å². The van der Waals surface area contributed by atoms with E-state index in [0.29, 0.717) is 11.4 Å². The number of thiocarbonyl (C=S) groups is 1. The lowest BCUT2D eigenvalue weighted by Gasteiger charge is -2.30. The first-order valence-electron chi connectivity index (χ1n) is 9.69. The Labute approximate surface area is 185 Å². The van der Waals surface area contributed by atoms with Crippen LogP contribution in [-0.2, 0) is 9.59 Å². The Kier molecular flexibility index (Phi) is 5.44. The van der Waals surface area contributed by atoms with Gasteiger partial charge in [0, 0.05) is 17.6 Å². The van der Waals surface area contributed by atoms with Crippen LogP contribution in [0.1, 0.15) is 16.8 Å². The van der Waals surface area contributed by atoms with E-state index < -0.39 is 11.8 Å². The number of ether oxygens (including phenoxy) is 1. The van der Waals surface area contributed by atoms with Gasteiger partial charge in [-0.1, -0.05) is 12.1 Å². The Morgan fingerprint density at radius 3 is 2.48 bits per heavy atom. The number of methoxy groups -OCH3 is 1. The normalized spacial score (nSPS) is 15.4. The van der Waals surface area contributed by atoms with Gasteiger partial charge in [0.2, 0.25) is 0 Å². The van der Waals surface area contributed by atoms with Gasteiger partial charge in [0.05, 0.1) is 12.8 Å². The standard InChI is InChI=1S/C24H21N3O3S/c1-15-6-7-16(2)21(13-15)27-23(29)20(22(28)25-24(27)31)14-18-5-4-12-26(18)17-8-10-19(30-3)11-9-17/h4-14H,1-3H3,(H,25,28,31)/b20-14+. The molecule has 0 unspecified atom stereocenters. The summed E-state index contributed by atoms with van der Waals surface area (Å²) in [6.45, 7) is 3.84. The Morgan fingerprint density at radius 1 is 1.03 bits per heavy atom. The van der Waals surface area contributed by atoms with Crippen LogP contribution in [0.25, 0.3) is 11.8 Å². The number of aryl methyl sites for hydroxylation is 2. The Hall–Kier alpha value is -3.71. The molecule has 1 aliphatic rings. The number of rotatable bonds is 4. The van der Waals surface area contributed by atoms with Gasteiger partial charge in [0.1, 0.15) is 11.3 Å². The van der Waals surface area contributed by atoms with E-state index in [4.69, 9.17) is 17.0 Å².